The first kappa shape index (κ1) is 16.6. The van der Waals surface area contributed by atoms with Crippen molar-refractivity contribution in [2.45, 2.75) is 20.8 Å². The van der Waals surface area contributed by atoms with E-state index in [-0.39, 0.29) is 11.3 Å². The van der Waals surface area contributed by atoms with Gasteiger partial charge in [-0.1, -0.05) is 44.2 Å². The summed E-state index contributed by atoms with van der Waals surface area (Å²) in [5, 5.41) is 0.882. The minimum absolute atomic E-state index is 0.0127. The quantitative estimate of drug-likeness (QED) is 0.921. The Morgan fingerprint density at radius 1 is 1.32 bits per heavy atom. The Bertz CT molecular complexity index is 649. The fourth-order valence-electron chi connectivity index (χ4n) is 2.25. The van der Waals surface area contributed by atoms with E-state index in [4.69, 9.17) is 5.73 Å². The second-order valence-electron chi connectivity index (χ2n) is 6.33. The topological polar surface area (TPSA) is 59.2 Å². The highest BCUT2D eigenvalue weighted by Crippen LogP contribution is 2.29. The molecule has 1 heterocycles. The van der Waals surface area contributed by atoms with E-state index in [1.807, 2.05) is 44.3 Å². The Balaban J connectivity index is 2.22. The molecule has 0 aliphatic carbocycles. The second kappa shape index (κ2) is 6.58. The van der Waals surface area contributed by atoms with Gasteiger partial charge < -0.3 is 10.6 Å². The first-order valence-corrected chi connectivity index (χ1v) is 8.14. The number of nitrogens with zero attached hydrogens (tertiary/aromatic N) is 2. The Hall–Kier alpha value is -1.72. The van der Waals surface area contributed by atoms with Gasteiger partial charge in [0.05, 0.1) is 5.69 Å². The van der Waals surface area contributed by atoms with Gasteiger partial charge in [-0.15, -0.1) is 11.3 Å². The van der Waals surface area contributed by atoms with Gasteiger partial charge in [0.2, 0.25) is 0 Å². The molecule has 2 N–H and O–H groups in total. The van der Waals surface area contributed by atoms with Gasteiger partial charge in [0.1, 0.15) is 9.88 Å². The highest BCUT2D eigenvalue weighted by atomic mass is 32.1. The van der Waals surface area contributed by atoms with Crippen molar-refractivity contribution < 1.29 is 4.79 Å². The van der Waals surface area contributed by atoms with Gasteiger partial charge in [0.25, 0.3) is 5.91 Å². The highest BCUT2D eigenvalue weighted by molar-refractivity contribution is 7.17. The summed E-state index contributed by atoms with van der Waals surface area (Å²) in [6.45, 7) is 7.18. The lowest BCUT2D eigenvalue weighted by Gasteiger charge is -2.28. The van der Waals surface area contributed by atoms with Crippen molar-refractivity contribution in [3.63, 3.8) is 0 Å². The van der Waals surface area contributed by atoms with Crippen molar-refractivity contribution in [1.82, 2.24) is 9.88 Å². The molecular weight excluding hydrogens is 294 g/mol. The molecule has 0 atom stereocenters. The highest BCUT2D eigenvalue weighted by Gasteiger charge is 2.24. The van der Waals surface area contributed by atoms with E-state index >= 15 is 0 Å². The van der Waals surface area contributed by atoms with Crippen molar-refractivity contribution in [2.75, 3.05) is 20.1 Å². The average molecular weight is 317 g/mol. The number of aromatic nitrogens is 1. The molecule has 1 aromatic heterocycles. The molecule has 118 valence electrons. The molecule has 0 aliphatic heterocycles. The Morgan fingerprint density at radius 2 is 1.95 bits per heavy atom. The predicted molar refractivity (Wildman–Crippen MR) is 92.1 cm³/mol. The number of rotatable bonds is 5. The van der Waals surface area contributed by atoms with Gasteiger partial charge in [0, 0.05) is 19.2 Å². The number of thiazole rings is 1. The second-order valence-corrected chi connectivity index (χ2v) is 7.33. The summed E-state index contributed by atoms with van der Waals surface area (Å²) in [6, 6.07) is 9.94. The lowest BCUT2D eigenvalue weighted by molar-refractivity contribution is 0.0744. The fraction of sp³-hybridized carbons (Fsp3) is 0.412. The molecule has 2 aromatic rings. The summed E-state index contributed by atoms with van der Waals surface area (Å²) >= 11 is 1.45. The van der Waals surface area contributed by atoms with E-state index < -0.39 is 0 Å². The van der Waals surface area contributed by atoms with Crippen LogP contribution in [0.15, 0.2) is 30.3 Å². The summed E-state index contributed by atoms with van der Waals surface area (Å²) in [5.41, 5.74) is 7.49. The number of amides is 1. The maximum absolute atomic E-state index is 12.7. The molecule has 0 saturated heterocycles. The molecule has 0 spiro atoms. The van der Waals surface area contributed by atoms with Crippen LogP contribution in [0.5, 0.6) is 0 Å². The van der Waals surface area contributed by atoms with Crippen LogP contribution in [-0.2, 0) is 0 Å². The van der Waals surface area contributed by atoms with Crippen molar-refractivity contribution in [2.24, 2.45) is 11.1 Å². The van der Waals surface area contributed by atoms with Crippen LogP contribution in [0.2, 0.25) is 0 Å². The van der Waals surface area contributed by atoms with Gasteiger partial charge >= 0.3 is 0 Å². The molecule has 5 heteroatoms. The van der Waals surface area contributed by atoms with Crippen LogP contribution >= 0.6 is 11.3 Å². The van der Waals surface area contributed by atoms with E-state index in [0.29, 0.717) is 18.0 Å². The van der Waals surface area contributed by atoms with Crippen LogP contribution in [0, 0.1) is 12.3 Å². The lowest BCUT2D eigenvalue weighted by Crippen LogP contribution is -2.39. The Kier molecular flexibility index (Phi) is 4.98. The molecule has 0 unspecified atom stereocenters. The molecule has 0 bridgehead atoms. The van der Waals surface area contributed by atoms with Crippen LogP contribution in [0.1, 0.15) is 29.2 Å². The number of carbonyl (C=O) groups is 1. The Labute approximate surface area is 136 Å². The average Bonchev–Trinajstić information content (AvgIpc) is 2.89. The number of carbonyl (C=O) groups excluding carboxylic acids is 1. The third kappa shape index (κ3) is 3.72. The maximum Gasteiger partial charge on any atom is 0.265 e. The summed E-state index contributed by atoms with van der Waals surface area (Å²) in [7, 11) is 1.82. The minimum atomic E-state index is -0.0920. The zero-order chi connectivity index (χ0) is 16.3. The normalized spacial score (nSPS) is 11.5. The molecule has 0 radical (unpaired) electrons. The van der Waals surface area contributed by atoms with E-state index in [1.54, 1.807) is 4.90 Å². The smallest absolute Gasteiger partial charge is 0.265 e. The lowest BCUT2D eigenvalue weighted by atomic mass is 9.93. The standard InChI is InChI=1S/C17H23N3OS/c1-12-14(16(21)20(4)11-17(2,3)10-18)22-15(19-12)13-8-6-5-7-9-13/h5-9H,10-11,18H2,1-4H3. The van der Waals surface area contributed by atoms with Crippen molar-refractivity contribution >= 4 is 17.2 Å². The molecule has 0 aliphatic rings. The van der Waals surface area contributed by atoms with Gasteiger partial charge in [-0.25, -0.2) is 4.98 Å². The van der Waals surface area contributed by atoms with Gasteiger partial charge in [0.15, 0.2) is 0 Å². The van der Waals surface area contributed by atoms with Gasteiger partial charge in [-0.3, -0.25) is 4.79 Å². The number of aryl methyl sites for hydroxylation is 1. The largest absolute Gasteiger partial charge is 0.340 e. The summed E-state index contributed by atoms with van der Waals surface area (Å²) in [5.74, 6) is 0.0127. The third-order valence-electron chi connectivity index (χ3n) is 3.58. The van der Waals surface area contributed by atoms with E-state index in [2.05, 4.69) is 18.8 Å². The molecule has 1 amide bonds. The molecule has 0 fully saturated rings. The van der Waals surface area contributed by atoms with E-state index in [9.17, 15) is 4.79 Å². The predicted octanol–water partition coefficient (Wildman–Crippen LogP) is 3.18. The van der Waals surface area contributed by atoms with Crippen LogP contribution in [0.25, 0.3) is 10.6 Å². The fourth-order valence-corrected chi connectivity index (χ4v) is 3.32. The number of benzene rings is 1. The summed E-state index contributed by atoms with van der Waals surface area (Å²) < 4.78 is 0. The van der Waals surface area contributed by atoms with Gasteiger partial charge in [-0.2, -0.15) is 0 Å². The Morgan fingerprint density at radius 3 is 2.55 bits per heavy atom. The monoisotopic (exact) mass is 317 g/mol. The number of hydrogen-bond donors (Lipinski definition) is 1. The first-order chi connectivity index (χ1) is 10.3. The zero-order valence-electron chi connectivity index (χ0n) is 13.6. The maximum atomic E-state index is 12.7. The summed E-state index contributed by atoms with van der Waals surface area (Å²) in [4.78, 5) is 19.6. The van der Waals surface area contributed by atoms with Crippen LogP contribution in [0.4, 0.5) is 0 Å². The molecule has 4 nitrogen and oxygen atoms in total. The third-order valence-corrected chi connectivity index (χ3v) is 4.77. The van der Waals surface area contributed by atoms with E-state index in [1.165, 1.54) is 11.3 Å². The van der Waals surface area contributed by atoms with Crippen molar-refractivity contribution in [1.29, 1.82) is 0 Å². The number of nitrogens with two attached hydrogens (primary N) is 1. The van der Waals surface area contributed by atoms with Crippen LogP contribution in [0.3, 0.4) is 0 Å². The SMILES string of the molecule is Cc1nc(-c2ccccc2)sc1C(=O)N(C)CC(C)(C)CN. The summed E-state index contributed by atoms with van der Waals surface area (Å²) in [6.07, 6.45) is 0. The van der Waals surface area contributed by atoms with Crippen LogP contribution < -0.4 is 5.73 Å². The first-order valence-electron chi connectivity index (χ1n) is 7.32. The zero-order valence-corrected chi connectivity index (χ0v) is 14.4. The minimum Gasteiger partial charge on any atom is -0.340 e. The molecule has 22 heavy (non-hydrogen) atoms. The number of hydrogen-bond acceptors (Lipinski definition) is 4. The molecular formula is C17H23N3OS. The molecule has 1 aromatic carbocycles. The van der Waals surface area contributed by atoms with Crippen LogP contribution in [-0.4, -0.2) is 35.9 Å². The van der Waals surface area contributed by atoms with Crippen molar-refractivity contribution in [3.8, 4) is 10.6 Å². The molecule has 2 rings (SSSR count). The van der Waals surface area contributed by atoms with Crippen molar-refractivity contribution in [3.05, 3.63) is 40.9 Å². The molecule has 0 saturated carbocycles. The van der Waals surface area contributed by atoms with Gasteiger partial charge in [-0.05, 0) is 18.9 Å². The van der Waals surface area contributed by atoms with E-state index in [0.717, 1.165) is 16.3 Å².